The third-order valence-electron chi connectivity index (χ3n) is 6.89. The monoisotopic (exact) mass is 505 g/mol. The SMILES string of the molecule is CCCCCCCCCCCCCCCC(=O)OCC1OC(n2cnc3c(N)ncnc32)C(O)C1O. The van der Waals surface area contributed by atoms with E-state index in [2.05, 4.69) is 21.9 Å². The molecule has 0 radical (unpaired) electrons. The minimum Gasteiger partial charge on any atom is -0.463 e. The smallest absolute Gasteiger partial charge is 0.305 e. The van der Waals surface area contributed by atoms with E-state index in [-0.39, 0.29) is 18.4 Å². The highest BCUT2D eigenvalue weighted by Gasteiger charge is 2.44. The van der Waals surface area contributed by atoms with E-state index in [1.807, 2.05) is 0 Å². The third-order valence-corrected chi connectivity index (χ3v) is 6.89. The van der Waals surface area contributed by atoms with Gasteiger partial charge in [0.15, 0.2) is 17.7 Å². The van der Waals surface area contributed by atoms with Crippen molar-refractivity contribution in [3.63, 3.8) is 0 Å². The Balaban J connectivity index is 1.26. The predicted molar refractivity (Wildman–Crippen MR) is 137 cm³/mol. The first-order chi connectivity index (χ1) is 17.5. The zero-order valence-electron chi connectivity index (χ0n) is 21.6. The second-order valence-electron chi connectivity index (χ2n) is 9.80. The first-order valence-electron chi connectivity index (χ1n) is 13.6. The number of aliphatic hydroxyl groups excluding tert-OH is 2. The van der Waals surface area contributed by atoms with Crippen LogP contribution in [0.3, 0.4) is 0 Å². The lowest BCUT2D eigenvalue weighted by Crippen LogP contribution is -2.34. The number of aliphatic hydroxyl groups is 2. The molecule has 2 aromatic heterocycles. The van der Waals surface area contributed by atoms with Gasteiger partial charge in [-0.05, 0) is 6.42 Å². The maximum Gasteiger partial charge on any atom is 0.305 e. The van der Waals surface area contributed by atoms with Gasteiger partial charge in [-0.3, -0.25) is 9.36 Å². The fourth-order valence-electron chi connectivity index (χ4n) is 4.69. The first kappa shape index (κ1) is 28.3. The van der Waals surface area contributed by atoms with Crippen LogP contribution < -0.4 is 5.73 Å². The summed E-state index contributed by atoms with van der Waals surface area (Å²) < 4.78 is 12.6. The first-order valence-corrected chi connectivity index (χ1v) is 13.6. The summed E-state index contributed by atoms with van der Waals surface area (Å²) >= 11 is 0. The van der Waals surface area contributed by atoms with Crippen LogP contribution in [0.2, 0.25) is 0 Å². The Bertz CT molecular complexity index is 923. The molecule has 1 saturated heterocycles. The number of aromatic nitrogens is 4. The molecule has 1 aliphatic heterocycles. The summed E-state index contributed by atoms with van der Waals surface area (Å²) in [5, 5.41) is 20.9. The number of nitrogens with two attached hydrogens (primary N) is 1. The molecule has 10 heteroatoms. The molecular formula is C26H43N5O5. The molecule has 0 aromatic carbocycles. The number of unbranched alkanes of at least 4 members (excludes halogenated alkanes) is 12. The summed E-state index contributed by atoms with van der Waals surface area (Å²) in [6, 6.07) is 0. The lowest BCUT2D eigenvalue weighted by Gasteiger charge is -2.16. The van der Waals surface area contributed by atoms with Crippen LogP contribution in [-0.2, 0) is 14.3 Å². The Morgan fingerprint density at radius 2 is 1.56 bits per heavy atom. The Morgan fingerprint density at radius 1 is 0.944 bits per heavy atom. The number of fused-ring (bicyclic) bond motifs is 1. The van der Waals surface area contributed by atoms with E-state index in [1.54, 1.807) is 0 Å². The molecule has 4 N–H and O–H groups in total. The fraction of sp³-hybridized carbons (Fsp3) is 0.769. The van der Waals surface area contributed by atoms with Crippen molar-refractivity contribution in [3.8, 4) is 0 Å². The van der Waals surface area contributed by atoms with Crippen molar-refractivity contribution < 1.29 is 24.5 Å². The second kappa shape index (κ2) is 15.1. The molecule has 0 spiro atoms. The number of carbonyl (C=O) groups excluding carboxylic acids is 1. The molecule has 1 fully saturated rings. The van der Waals surface area contributed by atoms with Crippen molar-refractivity contribution in [3.05, 3.63) is 12.7 Å². The standard InChI is InChI=1S/C26H43N5O5/c1-2-3-4-5-6-7-8-9-10-11-12-13-14-15-20(32)35-16-19-22(33)23(34)26(36-19)31-18-30-21-24(27)28-17-29-25(21)31/h17-19,22-23,26,33-34H,2-16H2,1H3,(H2,27,28,29). The van der Waals surface area contributed by atoms with Gasteiger partial charge >= 0.3 is 5.97 Å². The molecule has 0 bridgehead atoms. The predicted octanol–water partition coefficient (Wildman–Crippen LogP) is 4.05. The van der Waals surface area contributed by atoms with Gasteiger partial charge in [-0.1, -0.05) is 84.0 Å². The zero-order chi connectivity index (χ0) is 25.8. The summed E-state index contributed by atoms with van der Waals surface area (Å²) in [5.41, 5.74) is 6.58. The van der Waals surface area contributed by atoms with Crippen molar-refractivity contribution in [1.82, 2.24) is 19.5 Å². The van der Waals surface area contributed by atoms with Gasteiger partial charge in [0.25, 0.3) is 0 Å². The van der Waals surface area contributed by atoms with Crippen LogP contribution in [0.25, 0.3) is 11.2 Å². The number of carbonyl (C=O) groups is 1. The van der Waals surface area contributed by atoms with E-state index in [0.29, 0.717) is 17.6 Å². The van der Waals surface area contributed by atoms with Crippen LogP contribution in [0, 0.1) is 0 Å². The molecular weight excluding hydrogens is 462 g/mol. The number of ether oxygens (including phenoxy) is 2. The molecule has 1 aliphatic rings. The fourth-order valence-corrected chi connectivity index (χ4v) is 4.69. The molecule has 4 unspecified atom stereocenters. The van der Waals surface area contributed by atoms with Gasteiger partial charge in [0.05, 0.1) is 6.33 Å². The van der Waals surface area contributed by atoms with Crippen molar-refractivity contribution in [1.29, 1.82) is 0 Å². The Kier molecular flexibility index (Phi) is 11.8. The summed E-state index contributed by atoms with van der Waals surface area (Å²) in [6.07, 6.45) is 15.1. The number of imidazole rings is 1. The number of rotatable bonds is 17. The van der Waals surface area contributed by atoms with Gasteiger partial charge in [-0.25, -0.2) is 15.0 Å². The van der Waals surface area contributed by atoms with Crippen LogP contribution >= 0.6 is 0 Å². The highest BCUT2D eigenvalue weighted by Crippen LogP contribution is 2.32. The van der Waals surface area contributed by atoms with E-state index >= 15 is 0 Å². The molecule has 3 rings (SSSR count). The molecule has 36 heavy (non-hydrogen) atoms. The average Bonchev–Trinajstić information content (AvgIpc) is 3.42. The number of esters is 1. The maximum absolute atomic E-state index is 12.1. The van der Waals surface area contributed by atoms with Gasteiger partial charge in [-0.15, -0.1) is 0 Å². The number of nitrogen functional groups attached to an aromatic ring is 1. The van der Waals surface area contributed by atoms with Crippen LogP contribution in [0.15, 0.2) is 12.7 Å². The second-order valence-corrected chi connectivity index (χ2v) is 9.80. The lowest BCUT2D eigenvalue weighted by molar-refractivity contribution is -0.150. The van der Waals surface area contributed by atoms with Crippen LogP contribution in [-0.4, -0.2) is 60.6 Å². The number of nitrogens with zero attached hydrogens (tertiary/aromatic N) is 4. The van der Waals surface area contributed by atoms with Crippen LogP contribution in [0.4, 0.5) is 5.82 Å². The van der Waals surface area contributed by atoms with Crippen molar-refractivity contribution >= 4 is 23.0 Å². The van der Waals surface area contributed by atoms with Gasteiger partial charge < -0.3 is 25.4 Å². The molecule has 4 atom stereocenters. The van der Waals surface area contributed by atoms with Crippen molar-refractivity contribution in [2.24, 2.45) is 0 Å². The van der Waals surface area contributed by atoms with E-state index in [1.165, 1.54) is 81.4 Å². The van der Waals surface area contributed by atoms with Crippen molar-refractivity contribution in [2.75, 3.05) is 12.3 Å². The topological polar surface area (TPSA) is 146 Å². The Hall–Kier alpha value is -2.30. The third kappa shape index (κ3) is 8.11. The number of anilines is 1. The average molecular weight is 506 g/mol. The van der Waals surface area contributed by atoms with E-state index in [9.17, 15) is 15.0 Å². The van der Waals surface area contributed by atoms with Crippen LogP contribution in [0.1, 0.15) is 103 Å². The molecule has 2 aromatic rings. The van der Waals surface area contributed by atoms with Crippen LogP contribution in [0.5, 0.6) is 0 Å². The van der Waals surface area contributed by atoms with E-state index in [0.717, 1.165) is 19.3 Å². The summed E-state index contributed by atoms with van der Waals surface area (Å²) in [6.45, 7) is 2.12. The van der Waals surface area contributed by atoms with Gasteiger partial charge in [0.1, 0.15) is 36.8 Å². The molecule has 0 amide bonds. The summed E-state index contributed by atoms with van der Waals surface area (Å²) in [4.78, 5) is 24.3. The van der Waals surface area contributed by atoms with Gasteiger partial charge in [0, 0.05) is 6.42 Å². The Morgan fingerprint density at radius 3 is 2.19 bits per heavy atom. The maximum atomic E-state index is 12.1. The highest BCUT2D eigenvalue weighted by atomic mass is 16.6. The largest absolute Gasteiger partial charge is 0.463 e. The van der Waals surface area contributed by atoms with E-state index in [4.69, 9.17) is 15.2 Å². The van der Waals surface area contributed by atoms with Gasteiger partial charge in [-0.2, -0.15) is 0 Å². The molecule has 0 aliphatic carbocycles. The highest BCUT2D eigenvalue weighted by molar-refractivity contribution is 5.81. The lowest BCUT2D eigenvalue weighted by atomic mass is 10.0. The quantitative estimate of drug-likeness (QED) is 0.214. The molecule has 3 heterocycles. The zero-order valence-corrected chi connectivity index (χ0v) is 21.6. The minimum atomic E-state index is -1.23. The van der Waals surface area contributed by atoms with Gasteiger partial charge in [0.2, 0.25) is 0 Å². The number of hydrogen-bond acceptors (Lipinski definition) is 9. The van der Waals surface area contributed by atoms with Crippen molar-refractivity contribution in [2.45, 2.75) is 121 Å². The Labute approximate surface area is 213 Å². The minimum absolute atomic E-state index is 0.129. The number of hydrogen-bond donors (Lipinski definition) is 3. The van der Waals surface area contributed by atoms with E-state index < -0.39 is 24.5 Å². The molecule has 10 nitrogen and oxygen atoms in total. The molecule has 202 valence electrons. The normalized spacial score (nSPS) is 21.9. The summed E-state index contributed by atoms with van der Waals surface area (Å²) in [5.74, 6) is -0.106. The summed E-state index contributed by atoms with van der Waals surface area (Å²) in [7, 11) is 0. The molecule has 0 saturated carbocycles.